The zero-order valence-electron chi connectivity index (χ0n) is 39.5. The van der Waals surface area contributed by atoms with E-state index in [1.807, 2.05) is 0 Å². The summed E-state index contributed by atoms with van der Waals surface area (Å²) in [6.07, 6.45) is 2.08. The van der Waals surface area contributed by atoms with Crippen LogP contribution in [0.3, 0.4) is 0 Å². The van der Waals surface area contributed by atoms with Crippen molar-refractivity contribution in [1.29, 1.82) is 5.26 Å². The summed E-state index contributed by atoms with van der Waals surface area (Å²) in [6, 6.07) is 2.27. The van der Waals surface area contributed by atoms with Crippen LogP contribution in [0.15, 0.2) is 27.9 Å². The normalized spacial score (nSPS) is 17.6. The van der Waals surface area contributed by atoms with Gasteiger partial charge >= 0.3 is 14.3 Å². The Bertz CT molecular complexity index is 1680. The van der Waals surface area contributed by atoms with Crippen LogP contribution >= 0.6 is 8.53 Å². The predicted molar refractivity (Wildman–Crippen MR) is 243 cm³/mol. The maximum absolute atomic E-state index is 13.1. The van der Waals surface area contributed by atoms with E-state index in [0.717, 1.165) is 0 Å². The average Bonchev–Trinajstić information content (AvgIpc) is 3.61. The minimum atomic E-state index is -3.12. The topological polar surface area (TPSA) is 205 Å². The molecule has 0 radical (unpaired) electrons. The molecule has 62 heavy (non-hydrogen) atoms. The monoisotopic (exact) mass is 913 g/mol. The number of nitriles is 1. The van der Waals surface area contributed by atoms with Gasteiger partial charge in [-0.05, 0) is 71.9 Å². The Balaban J connectivity index is 2.24. The molecule has 17 nitrogen and oxygen atoms in total. The second kappa shape index (κ2) is 27.5. The van der Waals surface area contributed by atoms with Crippen molar-refractivity contribution in [3.63, 3.8) is 0 Å². The van der Waals surface area contributed by atoms with E-state index in [-0.39, 0.29) is 67.5 Å². The van der Waals surface area contributed by atoms with E-state index in [0.29, 0.717) is 69.9 Å². The highest BCUT2D eigenvalue weighted by atomic mass is 31.2. The van der Waals surface area contributed by atoms with Crippen molar-refractivity contribution in [1.82, 2.24) is 24.9 Å². The molecule has 354 valence electrons. The summed E-state index contributed by atoms with van der Waals surface area (Å²) in [7, 11) is -4.78. The molecule has 0 spiro atoms. The van der Waals surface area contributed by atoms with Crippen LogP contribution in [0.4, 0.5) is 0 Å². The number of hydrogen-bond acceptors (Lipinski definition) is 13. The lowest BCUT2D eigenvalue weighted by Gasteiger charge is -2.46. The van der Waals surface area contributed by atoms with Crippen LogP contribution in [-0.4, -0.2) is 117 Å². The van der Waals surface area contributed by atoms with Gasteiger partial charge in [0, 0.05) is 55.3 Å². The van der Waals surface area contributed by atoms with E-state index in [1.165, 1.54) is 10.8 Å². The molecule has 1 aromatic heterocycles. The Labute approximate surface area is 372 Å². The molecule has 1 aliphatic heterocycles. The van der Waals surface area contributed by atoms with E-state index >= 15 is 0 Å². The number of H-pyrrole nitrogens is 1. The van der Waals surface area contributed by atoms with Crippen LogP contribution in [-0.2, 0) is 41.7 Å². The molecule has 0 bridgehead atoms. The summed E-state index contributed by atoms with van der Waals surface area (Å²) in [4.78, 5) is 52.4. The van der Waals surface area contributed by atoms with Gasteiger partial charge in [-0.25, -0.2) is 9.46 Å². The van der Waals surface area contributed by atoms with E-state index in [9.17, 15) is 24.4 Å². The number of rotatable bonds is 31. The fourth-order valence-corrected chi connectivity index (χ4v) is 13.1. The molecule has 4 atom stereocenters. The van der Waals surface area contributed by atoms with Crippen LogP contribution in [0.2, 0.25) is 11.1 Å². The summed E-state index contributed by atoms with van der Waals surface area (Å²) < 4.78 is 48.8. The molecule has 2 amide bonds. The van der Waals surface area contributed by atoms with Gasteiger partial charge in [0.2, 0.25) is 11.8 Å². The van der Waals surface area contributed by atoms with Crippen LogP contribution in [0.1, 0.15) is 126 Å². The smallest absolute Gasteiger partial charge is 0.343 e. The van der Waals surface area contributed by atoms with E-state index < -0.39 is 52.4 Å². The number of aromatic amines is 1. The third-order valence-electron chi connectivity index (χ3n) is 10.9. The van der Waals surface area contributed by atoms with Crippen molar-refractivity contribution < 1.29 is 41.7 Å². The van der Waals surface area contributed by atoms with Crippen molar-refractivity contribution in [3.05, 3.63) is 44.8 Å². The minimum Gasteiger partial charge on any atom is -0.391 e. The van der Waals surface area contributed by atoms with Gasteiger partial charge in [-0.15, -0.1) is 0 Å². The highest BCUT2D eigenvalue weighted by molar-refractivity contribution is 7.44. The number of amides is 2. The Morgan fingerprint density at radius 1 is 1.02 bits per heavy atom. The first-order chi connectivity index (χ1) is 29.3. The first-order valence-electron chi connectivity index (χ1n) is 22.2. The number of carbonyl (C=O) groups is 2. The van der Waals surface area contributed by atoms with Gasteiger partial charge in [0.25, 0.3) is 14.1 Å². The minimum absolute atomic E-state index is 0.00914. The lowest BCUT2D eigenvalue weighted by Crippen LogP contribution is -2.56. The number of carbonyl (C=O) groups excluding carboxylic acids is 2. The van der Waals surface area contributed by atoms with E-state index in [4.69, 9.17) is 32.1 Å². The molecule has 1 unspecified atom stereocenters. The van der Waals surface area contributed by atoms with Gasteiger partial charge in [-0.2, -0.15) is 5.26 Å². The van der Waals surface area contributed by atoms with Crippen molar-refractivity contribution in [2.75, 3.05) is 52.7 Å². The zero-order chi connectivity index (χ0) is 46.6. The lowest BCUT2D eigenvalue weighted by molar-refractivity contribution is -0.123. The molecule has 0 aliphatic carbocycles. The molecule has 1 saturated heterocycles. The molecule has 0 saturated carbocycles. The third-order valence-corrected chi connectivity index (χ3v) is 17.7. The highest BCUT2D eigenvalue weighted by Gasteiger charge is 2.52. The highest BCUT2D eigenvalue weighted by Crippen LogP contribution is 2.50. The average molecular weight is 913 g/mol. The SMILES string of the molecule is C=C(C)C(=O)NCCOCCOCCNC(=O)CCC(CC)(CC)O[Si](OC[C@H]1O[C@@H](n2cc(C)c(=O)[nH]c2=O)C[C@@H]1OP(OCCC#N)N(C(C)C)C(C)C)(C(C)C)C(C)C. The Morgan fingerprint density at radius 2 is 1.61 bits per heavy atom. The Kier molecular flexibility index (Phi) is 24.5. The van der Waals surface area contributed by atoms with Gasteiger partial charge in [0.15, 0.2) is 0 Å². The number of hydrogen-bond donors (Lipinski definition) is 3. The molecule has 2 rings (SSSR count). The largest absolute Gasteiger partial charge is 0.391 e. The van der Waals surface area contributed by atoms with Gasteiger partial charge in [0.1, 0.15) is 12.3 Å². The number of aryl methyl sites for hydroxylation is 1. The molecule has 1 aliphatic rings. The molecule has 1 fully saturated rings. The van der Waals surface area contributed by atoms with Crippen LogP contribution < -0.4 is 21.9 Å². The van der Waals surface area contributed by atoms with Gasteiger partial charge in [-0.1, -0.05) is 48.1 Å². The molecule has 1 aromatic rings. The first kappa shape index (κ1) is 55.3. The number of nitrogens with one attached hydrogen (secondary N) is 3. The van der Waals surface area contributed by atoms with E-state index in [1.54, 1.807) is 13.8 Å². The van der Waals surface area contributed by atoms with Crippen LogP contribution in [0.5, 0.6) is 0 Å². The second-order valence-electron chi connectivity index (χ2n) is 17.0. The van der Waals surface area contributed by atoms with Gasteiger partial charge in [-0.3, -0.25) is 23.9 Å². The summed E-state index contributed by atoms with van der Waals surface area (Å²) in [5.41, 5.74) is -0.847. The number of nitrogens with zero attached hydrogens (tertiary/aromatic N) is 3. The van der Waals surface area contributed by atoms with Crippen molar-refractivity contribution >= 4 is 28.9 Å². The molecule has 3 N–H and O–H groups in total. The van der Waals surface area contributed by atoms with Crippen LogP contribution in [0, 0.1) is 18.3 Å². The predicted octanol–water partition coefficient (Wildman–Crippen LogP) is 6.27. The fourth-order valence-electron chi connectivity index (χ4n) is 7.36. The van der Waals surface area contributed by atoms with Crippen molar-refractivity contribution in [3.8, 4) is 6.07 Å². The summed E-state index contributed by atoms with van der Waals surface area (Å²) in [5, 5.41) is 15.0. The summed E-state index contributed by atoms with van der Waals surface area (Å²) in [5.74, 6) is -0.300. The standard InChI is InChI=1S/C43H77N6O11PSi/c1-14-43(15-2,18-17-38(50)45-20-23-54-25-26-55-24-21-46-40(51)30(3)4)60-62(33(9)10,34(11)12)57-29-37-36(27-39(58-37)48-28-35(13)41(52)47-42(48)53)59-61(56-22-16-19-44)49(31(5)6)32(7)8/h28,31-34,36-37,39H,3,14-18,20-27,29H2,1-2,4-13H3,(H,45,50)(H,46,51)(H,47,52,53)/t36-,37+,39+,61?/m0/s1. The first-order valence-corrected chi connectivity index (χ1v) is 25.3. The Morgan fingerprint density at radius 3 is 2.15 bits per heavy atom. The van der Waals surface area contributed by atoms with Gasteiger partial charge < -0.3 is 42.7 Å². The molecular formula is C43H77N6O11PSi. The molecular weight excluding hydrogens is 836 g/mol. The summed E-state index contributed by atoms with van der Waals surface area (Å²) in [6.45, 7) is 30.2. The van der Waals surface area contributed by atoms with Gasteiger partial charge in [0.05, 0.1) is 63.8 Å². The fraction of sp³-hybridized carbons (Fsp3) is 0.791. The molecule has 19 heteroatoms. The van der Waals surface area contributed by atoms with Crippen molar-refractivity contribution in [2.45, 2.75) is 169 Å². The van der Waals surface area contributed by atoms with Crippen molar-refractivity contribution in [2.24, 2.45) is 0 Å². The quantitative estimate of drug-likeness (QED) is 0.0326. The summed E-state index contributed by atoms with van der Waals surface area (Å²) >= 11 is 0. The second-order valence-corrected chi connectivity index (χ2v) is 22.6. The van der Waals surface area contributed by atoms with E-state index in [2.05, 4.69) is 102 Å². The maximum Gasteiger partial charge on any atom is 0.343 e. The third kappa shape index (κ3) is 17.0. The van der Waals surface area contributed by atoms with Crippen LogP contribution in [0.25, 0.3) is 0 Å². The molecule has 2 heterocycles. The zero-order valence-corrected chi connectivity index (χ0v) is 41.4. The maximum atomic E-state index is 13.1. The number of aromatic nitrogens is 2. The molecule has 0 aromatic carbocycles. The number of ether oxygens (including phenoxy) is 3. The Hall–Kier alpha value is -2.82. The lowest BCUT2D eigenvalue weighted by atomic mass is 9.92.